The van der Waals surface area contributed by atoms with Crippen LogP contribution in [0.4, 0.5) is 21.5 Å². The zero-order valence-electron chi connectivity index (χ0n) is 20.4. The average Bonchev–Trinajstić information content (AvgIpc) is 3.17. The van der Waals surface area contributed by atoms with Crippen molar-refractivity contribution in [2.45, 2.75) is 37.3 Å². The maximum absolute atomic E-state index is 13.9. The zero-order valence-corrected chi connectivity index (χ0v) is 20.4. The lowest BCUT2D eigenvalue weighted by molar-refractivity contribution is -0.123. The largest absolute Gasteiger partial charge is 0.399 e. The number of anilines is 3. The van der Waals surface area contributed by atoms with E-state index >= 15 is 0 Å². The van der Waals surface area contributed by atoms with E-state index < -0.39 is 11.6 Å². The molecule has 2 saturated heterocycles. The number of amides is 1. The molecule has 2 aliphatic rings. The van der Waals surface area contributed by atoms with Crippen LogP contribution in [0.25, 0.3) is 0 Å². The van der Waals surface area contributed by atoms with Crippen molar-refractivity contribution in [1.82, 2.24) is 4.90 Å². The quantitative estimate of drug-likeness (QED) is 0.477. The molecule has 0 saturated carbocycles. The molecule has 5 rings (SSSR count). The summed E-state index contributed by atoms with van der Waals surface area (Å²) in [6.45, 7) is 2.97. The molecule has 1 amide bonds. The number of hydrogen-bond acceptors (Lipinski definition) is 5. The van der Waals surface area contributed by atoms with Crippen LogP contribution in [-0.2, 0) is 4.79 Å². The van der Waals surface area contributed by atoms with Crippen LogP contribution in [0.15, 0.2) is 78.9 Å². The molecule has 1 unspecified atom stereocenters. The van der Waals surface area contributed by atoms with Gasteiger partial charge in [-0.05, 0) is 80.3 Å². The lowest BCUT2D eigenvalue weighted by Crippen LogP contribution is -2.56. The van der Waals surface area contributed by atoms with Crippen molar-refractivity contribution in [2.24, 2.45) is 0 Å². The number of benzene rings is 3. The summed E-state index contributed by atoms with van der Waals surface area (Å²) in [6.07, 6.45) is 2.32. The summed E-state index contributed by atoms with van der Waals surface area (Å²) in [5.41, 5.74) is 8.70. The zero-order chi connectivity index (χ0) is 25.1. The molecule has 1 spiro atoms. The molecule has 36 heavy (non-hydrogen) atoms. The number of para-hydroxylation sites is 1. The molecule has 3 N–H and O–H groups in total. The SMILES string of the molecule is Nc1cccc(N2CN(c3ccccc3)C3(CCN(CCCC(O)c4ccc(F)cc4)CC3)C2=O)c1. The highest BCUT2D eigenvalue weighted by molar-refractivity contribution is 6.06. The van der Waals surface area contributed by atoms with Gasteiger partial charge in [-0.25, -0.2) is 4.39 Å². The smallest absolute Gasteiger partial charge is 0.254 e. The van der Waals surface area contributed by atoms with Gasteiger partial charge in [0.05, 0.1) is 12.8 Å². The third kappa shape index (κ3) is 4.81. The first kappa shape index (κ1) is 24.3. The van der Waals surface area contributed by atoms with E-state index in [1.54, 1.807) is 12.1 Å². The summed E-state index contributed by atoms with van der Waals surface area (Å²) in [5.74, 6) is -0.170. The number of hydrogen-bond donors (Lipinski definition) is 2. The van der Waals surface area contributed by atoms with Gasteiger partial charge in [0.25, 0.3) is 5.91 Å². The van der Waals surface area contributed by atoms with E-state index in [0.717, 1.165) is 55.8 Å². The number of likely N-dealkylation sites (tertiary alicyclic amines) is 1. The predicted molar refractivity (Wildman–Crippen MR) is 141 cm³/mol. The summed E-state index contributed by atoms with van der Waals surface area (Å²) in [5, 5.41) is 10.5. The first-order valence-electron chi connectivity index (χ1n) is 12.6. The van der Waals surface area contributed by atoms with E-state index in [1.807, 2.05) is 47.4 Å². The number of nitrogen functional groups attached to an aromatic ring is 1. The van der Waals surface area contributed by atoms with E-state index in [-0.39, 0.29) is 11.7 Å². The Hall–Kier alpha value is -3.42. The van der Waals surface area contributed by atoms with E-state index in [1.165, 1.54) is 12.1 Å². The van der Waals surface area contributed by atoms with Crippen LogP contribution in [0.2, 0.25) is 0 Å². The van der Waals surface area contributed by atoms with Crippen molar-refractivity contribution < 1.29 is 14.3 Å². The maximum atomic E-state index is 13.9. The monoisotopic (exact) mass is 488 g/mol. The number of rotatable bonds is 7. The number of carbonyl (C=O) groups excluding carboxylic acids is 1. The molecular weight excluding hydrogens is 455 g/mol. The van der Waals surface area contributed by atoms with E-state index in [4.69, 9.17) is 5.73 Å². The number of halogens is 1. The molecule has 3 aromatic rings. The van der Waals surface area contributed by atoms with Gasteiger partial charge in [-0.15, -0.1) is 0 Å². The Labute approximate surface area is 211 Å². The van der Waals surface area contributed by atoms with Crippen molar-refractivity contribution in [3.8, 4) is 0 Å². The van der Waals surface area contributed by atoms with Gasteiger partial charge in [-0.1, -0.05) is 36.4 Å². The van der Waals surface area contributed by atoms with Gasteiger partial charge in [0.2, 0.25) is 0 Å². The Kier molecular flexibility index (Phi) is 6.94. The van der Waals surface area contributed by atoms with Gasteiger partial charge in [-0.2, -0.15) is 0 Å². The summed E-state index contributed by atoms with van der Waals surface area (Å²) in [6, 6.07) is 23.7. The number of piperidine rings is 1. The molecule has 6 nitrogen and oxygen atoms in total. The lowest BCUT2D eigenvalue weighted by Gasteiger charge is -2.43. The van der Waals surface area contributed by atoms with Crippen molar-refractivity contribution in [2.75, 3.05) is 41.8 Å². The second kappa shape index (κ2) is 10.3. The Bertz CT molecular complexity index is 1180. The Morgan fingerprint density at radius 3 is 2.33 bits per heavy atom. The van der Waals surface area contributed by atoms with Gasteiger partial charge in [-0.3, -0.25) is 9.69 Å². The van der Waals surface area contributed by atoms with Crippen molar-refractivity contribution in [3.63, 3.8) is 0 Å². The van der Waals surface area contributed by atoms with Crippen LogP contribution in [0.3, 0.4) is 0 Å². The van der Waals surface area contributed by atoms with Crippen LogP contribution in [0, 0.1) is 5.82 Å². The predicted octanol–water partition coefficient (Wildman–Crippen LogP) is 4.57. The fraction of sp³-hybridized carbons (Fsp3) is 0.345. The second-order valence-electron chi connectivity index (χ2n) is 9.82. The average molecular weight is 489 g/mol. The Morgan fingerprint density at radius 2 is 1.64 bits per heavy atom. The minimum Gasteiger partial charge on any atom is -0.399 e. The first-order chi connectivity index (χ1) is 17.5. The van der Waals surface area contributed by atoms with E-state index in [2.05, 4.69) is 21.9 Å². The number of aliphatic hydroxyl groups is 1. The molecule has 188 valence electrons. The van der Waals surface area contributed by atoms with Crippen LogP contribution >= 0.6 is 0 Å². The number of aliphatic hydroxyl groups excluding tert-OH is 1. The van der Waals surface area contributed by atoms with E-state index in [0.29, 0.717) is 18.8 Å². The van der Waals surface area contributed by atoms with Crippen LogP contribution in [0.5, 0.6) is 0 Å². The minimum absolute atomic E-state index is 0.128. The second-order valence-corrected chi connectivity index (χ2v) is 9.82. The third-order valence-corrected chi connectivity index (χ3v) is 7.58. The number of carbonyl (C=O) groups is 1. The highest BCUT2D eigenvalue weighted by Gasteiger charge is 2.54. The molecule has 2 aliphatic heterocycles. The van der Waals surface area contributed by atoms with Gasteiger partial charge in [0, 0.05) is 30.2 Å². The summed E-state index contributed by atoms with van der Waals surface area (Å²) < 4.78 is 13.1. The van der Waals surface area contributed by atoms with Crippen molar-refractivity contribution in [1.29, 1.82) is 0 Å². The number of nitrogens with two attached hydrogens (primary N) is 1. The molecule has 3 aromatic carbocycles. The summed E-state index contributed by atoms with van der Waals surface area (Å²) in [4.78, 5) is 20.4. The molecule has 0 bridgehead atoms. The van der Waals surface area contributed by atoms with Crippen molar-refractivity contribution >= 4 is 23.0 Å². The maximum Gasteiger partial charge on any atom is 0.254 e. The standard InChI is InChI=1S/C29H33FN4O2/c30-23-13-11-22(12-14-23)27(35)10-5-17-32-18-15-29(16-19-32)28(36)33(26-9-4-6-24(31)20-26)21-34(29)25-7-2-1-3-8-25/h1-4,6-9,11-14,20,27,35H,5,10,15-19,21,31H2. The highest BCUT2D eigenvalue weighted by Crippen LogP contribution is 2.41. The molecule has 0 aliphatic carbocycles. The van der Waals surface area contributed by atoms with Crippen LogP contribution in [0.1, 0.15) is 37.4 Å². The molecule has 7 heteroatoms. The molecule has 0 radical (unpaired) electrons. The molecule has 1 atom stereocenters. The Morgan fingerprint density at radius 1 is 0.944 bits per heavy atom. The highest BCUT2D eigenvalue weighted by atomic mass is 19.1. The first-order valence-corrected chi connectivity index (χ1v) is 12.6. The Balaban J connectivity index is 1.26. The molecule has 2 heterocycles. The summed E-state index contributed by atoms with van der Waals surface area (Å²) >= 11 is 0. The lowest BCUT2D eigenvalue weighted by atomic mass is 9.85. The minimum atomic E-state index is -0.599. The van der Waals surface area contributed by atoms with E-state index in [9.17, 15) is 14.3 Å². The fourth-order valence-corrected chi connectivity index (χ4v) is 5.53. The molecule has 0 aromatic heterocycles. The summed E-state index contributed by atoms with van der Waals surface area (Å²) in [7, 11) is 0. The van der Waals surface area contributed by atoms with Gasteiger partial charge in [0.1, 0.15) is 11.4 Å². The van der Waals surface area contributed by atoms with Gasteiger partial charge >= 0.3 is 0 Å². The normalized spacial score (nSPS) is 18.7. The number of nitrogens with zero attached hydrogens (tertiary/aromatic N) is 3. The van der Waals surface area contributed by atoms with Gasteiger partial charge < -0.3 is 20.6 Å². The third-order valence-electron chi connectivity index (χ3n) is 7.58. The molecule has 2 fully saturated rings. The van der Waals surface area contributed by atoms with Gasteiger partial charge in [0.15, 0.2) is 0 Å². The fourth-order valence-electron chi connectivity index (χ4n) is 5.53. The van der Waals surface area contributed by atoms with Crippen LogP contribution < -0.4 is 15.5 Å². The topological polar surface area (TPSA) is 73.0 Å². The molecular formula is C29H33FN4O2. The van der Waals surface area contributed by atoms with Crippen molar-refractivity contribution in [3.05, 3.63) is 90.2 Å². The van der Waals surface area contributed by atoms with Crippen LogP contribution in [-0.4, -0.2) is 47.8 Å².